The number of benzene rings is 2. The van der Waals surface area contributed by atoms with Crippen LogP contribution in [-0.2, 0) is 11.2 Å². The standard InChI is InChI=1S/C28H31N3O4/c1-33-24-18-23-25(26(30-24)34-2)27(32)13-12-22(19-6-4-3-5-7-19)28(27,35-23)20-8-10-21(11-9-20)31-16-14-29-15-17-31/h3-11,18,22,29,32H,12-17H2,1-2H3. The van der Waals surface area contributed by atoms with Gasteiger partial charge in [0.25, 0.3) is 0 Å². The van der Waals surface area contributed by atoms with Gasteiger partial charge in [0.05, 0.1) is 19.8 Å². The van der Waals surface area contributed by atoms with Crippen LogP contribution in [0.25, 0.3) is 0 Å². The van der Waals surface area contributed by atoms with Crippen molar-refractivity contribution in [2.75, 3.05) is 45.3 Å². The van der Waals surface area contributed by atoms with Gasteiger partial charge >= 0.3 is 0 Å². The van der Waals surface area contributed by atoms with Crippen LogP contribution in [0.15, 0.2) is 60.7 Å². The summed E-state index contributed by atoms with van der Waals surface area (Å²) >= 11 is 0. The zero-order valence-electron chi connectivity index (χ0n) is 20.2. The number of hydrogen-bond acceptors (Lipinski definition) is 7. The molecule has 3 unspecified atom stereocenters. The lowest BCUT2D eigenvalue weighted by atomic mass is 9.72. The van der Waals surface area contributed by atoms with Crippen molar-refractivity contribution in [3.05, 3.63) is 77.4 Å². The molecule has 2 aliphatic heterocycles. The highest BCUT2D eigenvalue weighted by molar-refractivity contribution is 5.59. The molecule has 1 saturated carbocycles. The van der Waals surface area contributed by atoms with Crippen molar-refractivity contribution in [1.29, 1.82) is 0 Å². The first-order valence-corrected chi connectivity index (χ1v) is 12.3. The highest BCUT2D eigenvalue weighted by Gasteiger charge is 2.69. The summed E-state index contributed by atoms with van der Waals surface area (Å²) in [5, 5.41) is 15.9. The maximum atomic E-state index is 12.5. The second kappa shape index (κ2) is 8.43. The number of fused-ring (bicyclic) bond motifs is 3. The number of aromatic nitrogens is 1. The summed E-state index contributed by atoms with van der Waals surface area (Å²) in [4.78, 5) is 6.87. The van der Waals surface area contributed by atoms with E-state index in [-0.39, 0.29) is 5.92 Å². The minimum absolute atomic E-state index is 0.0539. The van der Waals surface area contributed by atoms with Gasteiger partial charge in [-0.2, -0.15) is 4.98 Å². The summed E-state index contributed by atoms with van der Waals surface area (Å²) in [6.07, 6.45) is 1.30. The third-order valence-corrected chi connectivity index (χ3v) is 7.89. The molecule has 7 nitrogen and oxygen atoms in total. The van der Waals surface area contributed by atoms with Crippen molar-refractivity contribution in [2.45, 2.75) is 30.0 Å². The van der Waals surface area contributed by atoms with Gasteiger partial charge in [-0.3, -0.25) is 0 Å². The minimum Gasteiger partial charge on any atom is -0.481 e. The third-order valence-electron chi connectivity index (χ3n) is 7.89. The molecule has 2 N–H and O–H groups in total. The van der Waals surface area contributed by atoms with E-state index < -0.39 is 11.2 Å². The van der Waals surface area contributed by atoms with Crippen LogP contribution >= 0.6 is 0 Å². The normalized spacial score (nSPS) is 27.2. The molecule has 3 aliphatic rings. The molecule has 35 heavy (non-hydrogen) atoms. The van der Waals surface area contributed by atoms with Crippen molar-refractivity contribution in [3.63, 3.8) is 0 Å². The number of aliphatic hydroxyl groups is 1. The van der Waals surface area contributed by atoms with Gasteiger partial charge in [-0.15, -0.1) is 0 Å². The molecule has 2 fully saturated rings. The molecule has 6 rings (SSSR count). The van der Waals surface area contributed by atoms with E-state index in [2.05, 4.69) is 51.6 Å². The quantitative estimate of drug-likeness (QED) is 0.587. The topological polar surface area (TPSA) is 76.1 Å². The lowest BCUT2D eigenvalue weighted by Crippen LogP contribution is -2.48. The number of pyridine rings is 1. The summed E-state index contributed by atoms with van der Waals surface area (Å²) in [5.74, 6) is 1.24. The Hall–Kier alpha value is -3.29. The fraction of sp³-hybridized carbons (Fsp3) is 0.393. The monoisotopic (exact) mass is 473 g/mol. The molecule has 7 heteroatoms. The van der Waals surface area contributed by atoms with Gasteiger partial charge in [0.2, 0.25) is 11.8 Å². The van der Waals surface area contributed by atoms with Crippen LogP contribution in [0.3, 0.4) is 0 Å². The summed E-state index contributed by atoms with van der Waals surface area (Å²) in [6.45, 7) is 3.92. The molecule has 0 spiro atoms. The van der Waals surface area contributed by atoms with E-state index in [0.29, 0.717) is 29.5 Å². The highest BCUT2D eigenvalue weighted by Crippen LogP contribution is 2.68. The van der Waals surface area contributed by atoms with Crippen molar-refractivity contribution in [1.82, 2.24) is 10.3 Å². The number of nitrogens with zero attached hydrogens (tertiary/aromatic N) is 2. The molecular formula is C28H31N3O4. The maximum absolute atomic E-state index is 12.5. The summed E-state index contributed by atoms with van der Waals surface area (Å²) < 4.78 is 17.9. The van der Waals surface area contributed by atoms with Gasteiger partial charge in [-0.05, 0) is 36.1 Å². The molecule has 1 aromatic heterocycles. The van der Waals surface area contributed by atoms with Crippen LogP contribution in [0, 0.1) is 0 Å². The second-order valence-corrected chi connectivity index (χ2v) is 9.53. The van der Waals surface area contributed by atoms with Crippen molar-refractivity contribution >= 4 is 5.69 Å². The zero-order valence-corrected chi connectivity index (χ0v) is 20.2. The first kappa shape index (κ1) is 22.2. The first-order valence-electron chi connectivity index (χ1n) is 12.3. The van der Waals surface area contributed by atoms with Crippen molar-refractivity contribution in [2.24, 2.45) is 0 Å². The molecule has 3 atom stereocenters. The molecule has 182 valence electrons. The fourth-order valence-electron chi connectivity index (χ4n) is 6.29. The van der Waals surface area contributed by atoms with Crippen LogP contribution in [0.1, 0.15) is 35.4 Å². The number of nitrogens with one attached hydrogen (secondary N) is 1. The Morgan fingerprint density at radius 1 is 1.03 bits per heavy atom. The Kier molecular flexibility index (Phi) is 5.34. The Balaban J connectivity index is 1.51. The molecule has 1 aliphatic carbocycles. The van der Waals surface area contributed by atoms with Gasteiger partial charge in [0, 0.05) is 43.9 Å². The molecule has 3 heterocycles. The molecule has 0 bridgehead atoms. The molecule has 0 radical (unpaired) electrons. The Morgan fingerprint density at radius 2 is 1.77 bits per heavy atom. The van der Waals surface area contributed by atoms with E-state index in [1.54, 1.807) is 20.3 Å². The average molecular weight is 474 g/mol. The largest absolute Gasteiger partial charge is 0.481 e. The number of anilines is 1. The maximum Gasteiger partial charge on any atom is 0.226 e. The molecule has 3 aromatic rings. The first-order chi connectivity index (χ1) is 17.1. The van der Waals surface area contributed by atoms with E-state index in [0.717, 1.165) is 43.7 Å². The van der Waals surface area contributed by atoms with Gasteiger partial charge in [-0.1, -0.05) is 42.5 Å². The number of rotatable bonds is 5. The second-order valence-electron chi connectivity index (χ2n) is 9.53. The number of piperazine rings is 1. The predicted molar refractivity (Wildman–Crippen MR) is 133 cm³/mol. The Bertz CT molecular complexity index is 1210. The fourth-order valence-corrected chi connectivity index (χ4v) is 6.29. The summed E-state index contributed by atoms with van der Waals surface area (Å²) in [6, 6.07) is 20.6. The molecule has 0 amide bonds. The highest BCUT2D eigenvalue weighted by atomic mass is 16.5. The zero-order chi connectivity index (χ0) is 24.0. The van der Waals surface area contributed by atoms with Gasteiger partial charge < -0.3 is 29.5 Å². The minimum atomic E-state index is -1.30. The van der Waals surface area contributed by atoms with Gasteiger partial charge in [0.15, 0.2) is 5.60 Å². The third kappa shape index (κ3) is 3.22. The van der Waals surface area contributed by atoms with E-state index in [4.69, 9.17) is 14.2 Å². The van der Waals surface area contributed by atoms with Crippen molar-refractivity contribution < 1.29 is 19.3 Å². The van der Waals surface area contributed by atoms with E-state index in [9.17, 15) is 5.11 Å². The lowest BCUT2D eigenvalue weighted by Gasteiger charge is -2.40. The van der Waals surface area contributed by atoms with Crippen LogP contribution in [0.5, 0.6) is 17.5 Å². The van der Waals surface area contributed by atoms with Crippen LogP contribution in [0.4, 0.5) is 5.69 Å². The lowest BCUT2D eigenvalue weighted by molar-refractivity contribution is -0.106. The van der Waals surface area contributed by atoms with Crippen LogP contribution in [-0.4, -0.2) is 50.5 Å². The van der Waals surface area contributed by atoms with Gasteiger partial charge in [0.1, 0.15) is 11.4 Å². The Labute approximate surface area is 205 Å². The average Bonchev–Trinajstić information content (AvgIpc) is 3.36. The van der Waals surface area contributed by atoms with E-state index >= 15 is 0 Å². The van der Waals surface area contributed by atoms with E-state index in [1.807, 2.05) is 18.2 Å². The number of ether oxygens (including phenoxy) is 3. The van der Waals surface area contributed by atoms with Gasteiger partial charge in [-0.25, -0.2) is 0 Å². The SMILES string of the molecule is COc1cc2c(c(OC)n1)C1(O)CCC(c3ccccc3)C1(c1ccc(N3CCNCC3)cc1)O2. The summed E-state index contributed by atoms with van der Waals surface area (Å²) in [5.41, 5.74) is 1.55. The predicted octanol–water partition coefficient (Wildman–Crippen LogP) is 3.56. The molecule has 2 aromatic carbocycles. The van der Waals surface area contributed by atoms with Crippen LogP contribution in [0.2, 0.25) is 0 Å². The summed E-state index contributed by atoms with van der Waals surface area (Å²) in [7, 11) is 3.13. The van der Waals surface area contributed by atoms with Crippen LogP contribution < -0.4 is 24.4 Å². The smallest absolute Gasteiger partial charge is 0.226 e. The molecule has 1 saturated heterocycles. The molecular weight excluding hydrogens is 442 g/mol. The number of methoxy groups -OCH3 is 2. The van der Waals surface area contributed by atoms with Crippen molar-refractivity contribution in [3.8, 4) is 17.5 Å². The number of hydrogen-bond donors (Lipinski definition) is 2. The van der Waals surface area contributed by atoms with E-state index in [1.165, 1.54) is 5.69 Å². The Morgan fingerprint density at radius 3 is 2.46 bits per heavy atom.